The number of nitrogen functional groups attached to an aromatic ring is 1. The number of aryl methyl sites for hydroxylation is 1. The molecule has 174 valence electrons. The van der Waals surface area contributed by atoms with E-state index in [1.165, 1.54) is 0 Å². The van der Waals surface area contributed by atoms with Crippen LogP contribution in [0.3, 0.4) is 0 Å². The minimum Gasteiger partial charge on any atom is -0.379 e. The summed E-state index contributed by atoms with van der Waals surface area (Å²) in [5.41, 5.74) is 14.0. The van der Waals surface area contributed by atoms with Gasteiger partial charge in [-0.05, 0) is 55.2 Å². The van der Waals surface area contributed by atoms with Crippen molar-refractivity contribution in [2.24, 2.45) is 5.73 Å². The molecule has 11 heteroatoms. The topological polar surface area (TPSA) is 171 Å². The molecule has 0 aliphatic heterocycles. The number of imidazole rings is 1. The highest BCUT2D eigenvalue weighted by molar-refractivity contribution is 5.93. The highest BCUT2D eigenvalue weighted by atomic mass is 16.6. The number of carbonyl (C=O) groups is 1. The number of pyridine rings is 1. The van der Waals surface area contributed by atoms with E-state index in [4.69, 9.17) is 26.1 Å². The lowest BCUT2D eigenvalue weighted by molar-refractivity contribution is -0.114. The summed E-state index contributed by atoms with van der Waals surface area (Å²) < 4.78 is 6.67. The van der Waals surface area contributed by atoms with Crippen LogP contribution in [0.4, 0.5) is 11.5 Å². The van der Waals surface area contributed by atoms with E-state index in [2.05, 4.69) is 27.5 Å². The number of hydrogen-bond acceptors (Lipinski definition) is 9. The molecule has 0 aliphatic carbocycles. The maximum Gasteiger partial charge on any atom is 0.238 e. The van der Waals surface area contributed by atoms with Crippen molar-refractivity contribution in [3.63, 3.8) is 0 Å². The first kappa shape index (κ1) is 22.9. The van der Waals surface area contributed by atoms with Crippen LogP contribution in [0.25, 0.3) is 33.8 Å². The van der Waals surface area contributed by atoms with E-state index in [-0.39, 0.29) is 18.3 Å². The zero-order valence-electron chi connectivity index (χ0n) is 19.0. The van der Waals surface area contributed by atoms with Gasteiger partial charge in [0.25, 0.3) is 0 Å². The van der Waals surface area contributed by atoms with Crippen LogP contribution in [-0.4, -0.2) is 48.0 Å². The highest BCUT2D eigenvalue weighted by Gasteiger charge is 2.21. The van der Waals surface area contributed by atoms with Gasteiger partial charge in [-0.15, -0.1) is 0 Å². The van der Waals surface area contributed by atoms with Gasteiger partial charge < -0.3 is 26.5 Å². The van der Waals surface area contributed by atoms with Gasteiger partial charge in [0, 0.05) is 17.8 Å². The third-order valence-corrected chi connectivity index (χ3v) is 4.89. The molecule has 1 aromatic carbocycles. The van der Waals surface area contributed by atoms with Gasteiger partial charge >= 0.3 is 0 Å². The molecule has 0 unspecified atom stereocenters. The molecule has 0 aliphatic rings. The van der Waals surface area contributed by atoms with Gasteiger partial charge in [-0.3, -0.25) is 4.79 Å². The van der Waals surface area contributed by atoms with Crippen molar-refractivity contribution < 1.29 is 14.5 Å². The smallest absolute Gasteiger partial charge is 0.238 e. The Bertz CT molecular complexity index is 1440. The minimum atomic E-state index is -1.23. The Morgan fingerprint density at radius 3 is 2.71 bits per heavy atom. The van der Waals surface area contributed by atoms with E-state index in [1.807, 2.05) is 23.6 Å². The van der Waals surface area contributed by atoms with E-state index >= 15 is 0 Å². The van der Waals surface area contributed by atoms with E-state index in [0.29, 0.717) is 40.7 Å². The van der Waals surface area contributed by atoms with Gasteiger partial charge in [0.05, 0.1) is 17.8 Å². The van der Waals surface area contributed by atoms with Crippen LogP contribution < -0.4 is 16.8 Å². The molecular formula is C23H24N8O3. The molecular weight excluding hydrogens is 436 g/mol. The molecule has 34 heavy (non-hydrogen) atoms. The van der Waals surface area contributed by atoms with Crippen molar-refractivity contribution in [2.45, 2.75) is 32.9 Å². The predicted octanol–water partition coefficient (Wildman–Crippen LogP) is 1.77. The Labute approximate surface area is 195 Å². The molecule has 0 atom stereocenters. The number of rotatable bonds is 5. The molecule has 0 fully saturated rings. The minimum absolute atomic E-state index is 0.116. The molecule has 11 nitrogen and oxygen atoms in total. The number of nitrogens with one attached hydrogen (secondary N) is 1. The van der Waals surface area contributed by atoms with Crippen molar-refractivity contribution in [3.8, 4) is 34.6 Å². The number of anilines is 2. The van der Waals surface area contributed by atoms with E-state index in [0.717, 1.165) is 11.1 Å². The number of benzene rings is 1. The van der Waals surface area contributed by atoms with Crippen molar-refractivity contribution >= 4 is 28.4 Å². The molecule has 1 amide bonds. The van der Waals surface area contributed by atoms with Crippen LogP contribution >= 0.6 is 0 Å². The summed E-state index contributed by atoms with van der Waals surface area (Å²) in [6.07, 6.45) is 0. The average molecular weight is 460 g/mol. The second-order valence-electron chi connectivity index (χ2n) is 8.04. The number of fused-ring (bicyclic) bond motifs is 1. The van der Waals surface area contributed by atoms with E-state index in [9.17, 15) is 9.90 Å². The van der Waals surface area contributed by atoms with Crippen LogP contribution in [0.15, 0.2) is 35.0 Å². The van der Waals surface area contributed by atoms with Crippen LogP contribution in [0.2, 0.25) is 0 Å². The lowest BCUT2D eigenvalue weighted by Crippen LogP contribution is -2.21. The number of amides is 1. The fourth-order valence-electron chi connectivity index (χ4n) is 3.39. The molecule has 3 heterocycles. The monoisotopic (exact) mass is 460 g/mol. The quantitative estimate of drug-likeness (QED) is 0.324. The molecule has 4 rings (SSSR count). The number of hydrogen-bond donors (Lipinski definition) is 4. The molecule has 0 spiro atoms. The largest absolute Gasteiger partial charge is 0.379 e. The van der Waals surface area contributed by atoms with Crippen molar-refractivity contribution in [1.29, 1.82) is 0 Å². The number of aliphatic hydroxyl groups is 1. The number of nitrogens with two attached hydrogens (primary N) is 2. The van der Waals surface area contributed by atoms with Crippen LogP contribution in [0, 0.1) is 11.8 Å². The number of carbonyl (C=O) groups excluding carboxylic acids is 1. The van der Waals surface area contributed by atoms with Gasteiger partial charge in [-0.2, -0.15) is 0 Å². The van der Waals surface area contributed by atoms with Crippen molar-refractivity contribution in [3.05, 3.63) is 36.0 Å². The van der Waals surface area contributed by atoms with Gasteiger partial charge in [0.2, 0.25) is 5.91 Å². The lowest BCUT2D eigenvalue weighted by Gasteiger charge is -2.09. The Hall–Kier alpha value is -4.27. The lowest BCUT2D eigenvalue weighted by atomic mass is 10.1. The van der Waals surface area contributed by atoms with Gasteiger partial charge in [0.15, 0.2) is 17.3 Å². The second-order valence-corrected chi connectivity index (χ2v) is 8.04. The summed E-state index contributed by atoms with van der Waals surface area (Å²) in [7, 11) is 0. The zero-order chi connectivity index (χ0) is 24.5. The second kappa shape index (κ2) is 8.93. The number of aromatic nitrogens is 5. The zero-order valence-corrected chi connectivity index (χ0v) is 19.0. The molecule has 0 saturated carbocycles. The molecule has 0 bridgehead atoms. The van der Waals surface area contributed by atoms with Crippen molar-refractivity contribution in [1.82, 2.24) is 24.8 Å². The normalized spacial score (nSPS) is 11.3. The number of nitrogens with zero attached hydrogens (tertiary/aromatic N) is 5. The summed E-state index contributed by atoms with van der Waals surface area (Å²) >= 11 is 0. The summed E-state index contributed by atoms with van der Waals surface area (Å²) in [6, 6.07) is 9.10. The standard InChI is InChI=1S/C23H24N8O3/c1-4-31-17-11-16(13-6-5-7-14(10-13)26-18(32)12-24)27-15(8-9-23(2,3)33)19(17)28-22(31)20-21(25)30-34-29-20/h5-7,10-11,33H,4,12,24H2,1-3H3,(H2,25,30)(H,26,32). The first-order valence-electron chi connectivity index (χ1n) is 10.6. The summed E-state index contributed by atoms with van der Waals surface area (Å²) in [4.78, 5) is 21.1. The van der Waals surface area contributed by atoms with E-state index in [1.54, 1.807) is 32.0 Å². The summed E-state index contributed by atoms with van der Waals surface area (Å²) in [5, 5.41) is 20.4. The Kier molecular flexibility index (Phi) is 6.02. The van der Waals surface area contributed by atoms with Crippen LogP contribution in [0.1, 0.15) is 26.5 Å². The fraction of sp³-hybridized carbons (Fsp3) is 0.261. The van der Waals surface area contributed by atoms with Gasteiger partial charge in [-0.1, -0.05) is 18.1 Å². The van der Waals surface area contributed by atoms with Crippen LogP contribution in [-0.2, 0) is 11.3 Å². The third kappa shape index (κ3) is 4.59. The SMILES string of the molecule is CCn1c(-c2nonc2N)nc2c(C#CC(C)(C)O)nc(-c3cccc(NC(=O)CN)c3)cc21. The van der Waals surface area contributed by atoms with E-state index < -0.39 is 5.60 Å². The van der Waals surface area contributed by atoms with Crippen LogP contribution in [0.5, 0.6) is 0 Å². The molecule has 0 radical (unpaired) electrons. The third-order valence-electron chi connectivity index (χ3n) is 4.89. The summed E-state index contributed by atoms with van der Waals surface area (Å²) in [5.74, 6) is 6.03. The maximum atomic E-state index is 11.7. The van der Waals surface area contributed by atoms with Gasteiger partial charge in [-0.25, -0.2) is 14.6 Å². The predicted molar refractivity (Wildman–Crippen MR) is 127 cm³/mol. The molecule has 6 N–H and O–H groups in total. The van der Waals surface area contributed by atoms with Crippen molar-refractivity contribution in [2.75, 3.05) is 17.6 Å². The fourth-order valence-corrected chi connectivity index (χ4v) is 3.39. The first-order valence-corrected chi connectivity index (χ1v) is 10.6. The maximum absolute atomic E-state index is 11.7. The molecule has 3 aromatic heterocycles. The van der Waals surface area contributed by atoms with Gasteiger partial charge in [0.1, 0.15) is 16.8 Å². The highest BCUT2D eigenvalue weighted by Crippen LogP contribution is 2.31. The summed E-state index contributed by atoms with van der Waals surface area (Å²) in [6.45, 7) is 5.56. The average Bonchev–Trinajstić information content (AvgIpc) is 3.39. The Morgan fingerprint density at radius 1 is 1.26 bits per heavy atom. The Morgan fingerprint density at radius 2 is 2.06 bits per heavy atom. The Balaban J connectivity index is 1.96. The molecule has 4 aromatic rings. The molecule has 0 saturated heterocycles. The first-order chi connectivity index (χ1) is 16.2.